The third-order valence-corrected chi connectivity index (χ3v) is 1.73. The van der Waals surface area contributed by atoms with Crippen molar-refractivity contribution in [2.24, 2.45) is 10.7 Å². The van der Waals surface area contributed by atoms with Crippen LogP contribution < -0.4 is 11.1 Å². The highest BCUT2D eigenvalue weighted by molar-refractivity contribution is 6.03. The lowest BCUT2D eigenvalue weighted by Crippen LogP contribution is -2.36. The van der Waals surface area contributed by atoms with Crippen LogP contribution >= 0.6 is 0 Å². The van der Waals surface area contributed by atoms with Crippen molar-refractivity contribution in [1.82, 2.24) is 5.32 Å². The van der Waals surface area contributed by atoms with E-state index in [1.807, 2.05) is 30.3 Å². The number of nitrogens with two attached hydrogens (primary N) is 1. The van der Waals surface area contributed by atoms with Gasteiger partial charge in [0.2, 0.25) is 0 Å². The van der Waals surface area contributed by atoms with Gasteiger partial charge in [0.05, 0.1) is 0 Å². The Hall–Kier alpha value is -2.18. The minimum atomic E-state index is -1.94. The molecule has 0 unspecified atom stereocenters. The van der Waals surface area contributed by atoms with Gasteiger partial charge in [0.25, 0.3) is 12.3 Å². The van der Waals surface area contributed by atoms with Gasteiger partial charge in [-0.25, -0.2) is 0 Å². The summed E-state index contributed by atoms with van der Waals surface area (Å²) in [5.41, 5.74) is 6.07. The number of guanidine groups is 1. The maximum Gasteiger partial charge on any atom is 0.256 e. The second-order valence-corrected chi connectivity index (χ2v) is 3.09. The van der Waals surface area contributed by atoms with Crippen molar-refractivity contribution in [2.45, 2.75) is 6.41 Å². The zero-order valence-corrected chi connectivity index (χ0v) is 8.95. The number of nitrogens with one attached hydrogen (secondary N) is 1. The molecule has 0 saturated heterocycles. The van der Waals surface area contributed by atoms with Crippen molar-refractivity contribution >= 4 is 17.9 Å². The summed E-state index contributed by atoms with van der Waals surface area (Å²) in [6.45, 7) is 0. The molecule has 1 aromatic rings. The Morgan fingerprint density at radius 1 is 1.35 bits per heavy atom. The maximum absolute atomic E-state index is 11.3. The number of hydrogen-bond donors (Lipinski definition) is 4. The third kappa shape index (κ3) is 5.45. The number of nitrogens with zero attached hydrogens (tertiary/aromatic N) is 1. The molecule has 1 aromatic carbocycles. The fraction of sp³-hybridized carbons (Fsp3) is 0.0909. The van der Waals surface area contributed by atoms with Crippen LogP contribution in [0.25, 0.3) is 6.08 Å². The molecular weight excluding hydrogens is 222 g/mol. The van der Waals surface area contributed by atoms with Gasteiger partial charge in [-0.3, -0.25) is 10.1 Å². The van der Waals surface area contributed by atoms with E-state index in [-0.39, 0.29) is 5.96 Å². The van der Waals surface area contributed by atoms with E-state index in [4.69, 9.17) is 15.9 Å². The fourth-order valence-corrected chi connectivity index (χ4v) is 1.06. The van der Waals surface area contributed by atoms with Crippen LogP contribution in [0.15, 0.2) is 41.4 Å². The summed E-state index contributed by atoms with van der Waals surface area (Å²) in [5.74, 6) is -0.863. The predicted molar refractivity (Wildman–Crippen MR) is 63.5 cm³/mol. The molecule has 5 N–H and O–H groups in total. The van der Waals surface area contributed by atoms with E-state index < -0.39 is 12.3 Å². The zero-order valence-electron chi connectivity index (χ0n) is 8.95. The van der Waals surface area contributed by atoms with Crippen LogP contribution in [0.1, 0.15) is 5.56 Å². The van der Waals surface area contributed by atoms with Crippen molar-refractivity contribution in [3.63, 3.8) is 0 Å². The van der Waals surface area contributed by atoms with Crippen molar-refractivity contribution in [3.05, 3.63) is 42.0 Å². The van der Waals surface area contributed by atoms with Crippen LogP contribution in [0, 0.1) is 0 Å². The number of hydrogen-bond acceptors (Lipinski definition) is 4. The van der Waals surface area contributed by atoms with Gasteiger partial charge in [-0.15, -0.1) is 0 Å². The van der Waals surface area contributed by atoms with E-state index in [0.717, 1.165) is 5.56 Å². The summed E-state index contributed by atoms with van der Waals surface area (Å²) in [6.07, 6.45) is 0.924. The molecule has 0 atom stereocenters. The van der Waals surface area contributed by atoms with Gasteiger partial charge < -0.3 is 15.9 Å². The Bertz CT molecular complexity index is 427. The van der Waals surface area contributed by atoms with E-state index in [0.29, 0.717) is 0 Å². The quantitative estimate of drug-likeness (QED) is 0.243. The first-order valence-corrected chi connectivity index (χ1v) is 4.81. The first kappa shape index (κ1) is 12.9. The lowest BCUT2D eigenvalue weighted by atomic mass is 10.2. The van der Waals surface area contributed by atoms with E-state index >= 15 is 0 Å². The van der Waals surface area contributed by atoms with Crippen molar-refractivity contribution < 1.29 is 15.0 Å². The molecule has 1 amide bonds. The van der Waals surface area contributed by atoms with Crippen LogP contribution in [0.4, 0.5) is 0 Å². The van der Waals surface area contributed by atoms with Gasteiger partial charge in [0.15, 0.2) is 5.96 Å². The smallest absolute Gasteiger partial charge is 0.256 e. The fourth-order valence-electron chi connectivity index (χ4n) is 1.06. The summed E-state index contributed by atoms with van der Waals surface area (Å²) in [6, 6.07) is 9.22. The Morgan fingerprint density at radius 2 is 2.00 bits per heavy atom. The maximum atomic E-state index is 11.3. The number of carbonyl (C=O) groups excluding carboxylic acids is 1. The normalized spacial score (nSPS) is 12.1. The zero-order chi connectivity index (χ0) is 12.7. The third-order valence-electron chi connectivity index (χ3n) is 1.73. The minimum Gasteiger partial charge on any atom is -0.369 e. The molecule has 0 bridgehead atoms. The van der Waals surface area contributed by atoms with E-state index in [1.54, 1.807) is 6.08 Å². The topological polar surface area (TPSA) is 108 Å². The average Bonchev–Trinajstić information content (AvgIpc) is 2.26. The molecule has 17 heavy (non-hydrogen) atoms. The van der Waals surface area contributed by atoms with Crippen LogP contribution in [0.2, 0.25) is 0 Å². The molecule has 0 fully saturated rings. The SMILES string of the molecule is NC(=NC(O)O)NC(=O)C=Cc1ccccc1. The van der Waals surface area contributed by atoms with Gasteiger partial charge in [-0.05, 0) is 11.6 Å². The number of aliphatic hydroxyl groups excluding tert-OH is 1. The number of aliphatic imine (C=N–C) groups is 1. The van der Waals surface area contributed by atoms with E-state index in [9.17, 15) is 4.79 Å². The standard InChI is InChI=1S/C11H13N3O3/c12-10(14-11(16)17)13-9(15)7-6-8-4-2-1-3-5-8/h1-7,11,16-17H,(H3,12,13,14,15). The summed E-state index contributed by atoms with van der Waals surface area (Å²) in [4.78, 5) is 14.4. The molecule has 0 aromatic heterocycles. The van der Waals surface area contributed by atoms with Crippen LogP contribution in [-0.2, 0) is 4.79 Å². The molecule has 0 aliphatic rings. The molecule has 0 aliphatic heterocycles. The molecule has 0 saturated carbocycles. The number of amides is 1. The summed E-state index contributed by atoms with van der Waals surface area (Å²) < 4.78 is 0. The van der Waals surface area contributed by atoms with Gasteiger partial charge >= 0.3 is 0 Å². The molecular formula is C11H13N3O3. The first-order chi connectivity index (χ1) is 8.08. The van der Waals surface area contributed by atoms with Crippen molar-refractivity contribution in [2.75, 3.05) is 0 Å². The Labute approximate surface area is 98.1 Å². The van der Waals surface area contributed by atoms with Gasteiger partial charge in [-0.2, -0.15) is 4.99 Å². The Kier molecular flexibility index (Phi) is 4.86. The Balaban J connectivity index is 2.53. The van der Waals surface area contributed by atoms with E-state index in [1.165, 1.54) is 6.08 Å². The largest absolute Gasteiger partial charge is 0.369 e. The first-order valence-electron chi connectivity index (χ1n) is 4.81. The molecule has 6 nitrogen and oxygen atoms in total. The van der Waals surface area contributed by atoms with E-state index in [2.05, 4.69) is 10.3 Å². The second-order valence-electron chi connectivity index (χ2n) is 3.09. The molecule has 1 rings (SSSR count). The van der Waals surface area contributed by atoms with Gasteiger partial charge in [-0.1, -0.05) is 30.3 Å². The number of aliphatic hydroxyl groups is 2. The minimum absolute atomic E-state index is 0.359. The molecule has 0 aliphatic carbocycles. The van der Waals surface area contributed by atoms with Crippen LogP contribution in [-0.4, -0.2) is 28.5 Å². The number of benzene rings is 1. The predicted octanol–water partition coefficient (Wildman–Crippen LogP) is -0.601. The number of rotatable bonds is 3. The van der Waals surface area contributed by atoms with Crippen molar-refractivity contribution in [3.8, 4) is 0 Å². The van der Waals surface area contributed by atoms with Crippen molar-refractivity contribution in [1.29, 1.82) is 0 Å². The number of carbonyl (C=O) groups is 1. The lowest BCUT2D eigenvalue weighted by Gasteiger charge is -2.01. The summed E-state index contributed by atoms with van der Waals surface area (Å²) in [7, 11) is 0. The molecule has 90 valence electrons. The summed E-state index contributed by atoms with van der Waals surface area (Å²) >= 11 is 0. The Morgan fingerprint density at radius 3 is 2.59 bits per heavy atom. The highest BCUT2D eigenvalue weighted by atomic mass is 16.5. The lowest BCUT2D eigenvalue weighted by molar-refractivity contribution is -0.115. The molecule has 0 spiro atoms. The highest BCUT2D eigenvalue weighted by Gasteiger charge is 2.00. The van der Waals surface area contributed by atoms with Crippen LogP contribution in [0.3, 0.4) is 0 Å². The second kappa shape index (κ2) is 6.41. The monoisotopic (exact) mass is 235 g/mol. The average molecular weight is 235 g/mol. The van der Waals surface area contributed by atoms with Gasteiger partial charge in [0, 0.05) is 6.08 Å². The molecule has 0 radical (unpaired) electrons. The van der Waals surface area contributed by atoms with Crippen LogP contribution in [0.5, 0.6) is 0 Å². The van der Waals surface area contributed by atoms with Gasteiger partial charge in [0.1, 0.15) is 0 Å². The highest BCUT2D eigenvalue weighted by Crippen LogP contribution is 2.00. The summed E-state index contributed by atoms with van der Waals surface area (Å²) in [5, 5.41) is 19.1. The molecule has 6 heteroatoms. The molecule has 0 heterocycles.